The molecule has 1 saturated heterocycles. The van der Waals surface area contributed by atoms with Gasteiger partial charge in [-0.25, -0.2) is 4.39 Å². The van der Waals surface area contributed by atoms with Crippen molar-refractivity contribution >= 4 is 5.91 Å². The second-order valence-electron chi connectivity index (χ2n) is 5.35. The molecule has 0 saturated carbocycles. The van der Waals surface area contributed by atoms with Gasteiger partial charge in [-0.15, -0.1) is 0 Å². The highest BCUT2D eigenvalue weighted by atomic mass is 19.1. The summed E-state index contributed by atoms with van der Waals surface area (Å²) in [6.45, 7) is 1.58. The molecule has 0 unspecified atom stereocenters. The first-order valence-electron chi connectivity index (χ1n) is 7.43. The van der Waals surface area contributed by atoms with Crippen molar-refractivity contribution in [2.24, 2.45) is 5.92 Å². The van der Waals surface area contributed by atoms with Gasteiger partial charge in [0, 0.05) is 19.1 Å². The molecule has 1 aromatic heterocycles. The zero-order chi connectivity index (χ0) is 15.4. The van der Waals surface area contributed by atoms with Crippen LogP contribution in [0.5, 0.6) is 0 Å². The third-order valence-electron chi connectivity index (χ3n) is 3.83. The van der Waals surface area contributed by atoms with Crippen molar-refractivity contribution in [1.82, 2.24) is 5.32 Å². The van der Waals surface area contributed by atoms with E-state index < -0.39 is 0 Å². The second-order valence-corrected chi connectivity index (χ2v) is 5.35. The first kappa shape index (κ1) is 14.8. The number of nitrogens with one attached hydrogen (secondary N) is 1. The van der Waals surface area contributed by atoms with Gasteiger partial charge in [-0.2, -0.15) is 0 Å². The molecule has 1 amide bonds. The highest BCUT2D eigenvalue weighted by Gasteiger charge is 2.21. The lowest BCUT2D eigenvalue weighted by atomic mass is 9.99. The minimum absolute atomic E-state index is 0.00903. The topological polar surface area (TPSA) is 51.5 Å². The molecule has 4 nitrogen and oxygen atoms in total. The quantitative estimate of drug-likeness (QED) is 0.944. The van der Waals surface area contributed by atoms with Crippen LogP contribution in [0.15, 0.2) is 40.8 Å². The predicted octanol–water partition coefficient (Wildman–Crippen LogP) is 3.13. The van der Waals surface area contributed by atoms with E-state index in [1.807, 2.05) is 0 Å². The first-order valence-corrected chi connectivity index (χ1v) is 7.43. The number of benzene rings is 1. The highest BCUT2D eigenvalue weighted by Crippen LogP contribution is 2.24. The number of amides is 1. The summed E-state index contributed by atoms with van der Waals surface area (Å²) in [5.74, 6) is 0.781. The second kappa shape index (κ2) is 6.75. The highest BCUT2D eigenvalue weighted by molar-refractivity contribution is 5.78. The fraction of sp³-hybridized carbons (Fsp3) is 0.353. The van der Waals surface area contributed by atoms with Crippen LogP contribution in [0.1, 0.15) is 18.6 Å². The number of carbonyl (C=O) groups is 1. The van der Waals surface area contributed by atoms with Crippen molar-refractivity contribution in [3.05, 3.63) is 48.0 Å². The molecule has 2 aromatic rings. The Bertz CT molecular complexity index is 647. The molecule has 0 atom stereocenters. The van der Waals surface area contributed by atoms with Crippen molar-refractivity contribution in [3.8, 4) is 11.3 Å². The molecule has 2 heterocycles. The summed E-state index contributed by atoms with van der Waals surface area (Å²) in [6, 6.07) is 9.92. The van der Waals surface area contributed by atoms with E-state index in [9.17, 15) is 9.18 Å². The lowest BCUT2D eigenvalue weighted by Crippen LogP contribution is -2.33. The average Bonchev–Trinajstić information content (AvgIpc) is 3.02. The van der Waals surface area contributed by atoms with E-state index in [2.05, 4.69) is 5.32 Å². The summed E-state index contributed by atoms with van der Waals surface area (Å²) in [5, 5.41) is 2.87. The molecule has 0 radical (unpaired) electrons. The standard InChI is InChI=1S/C17H18FNO3/c18-15-4-2-1-3-14(15)16-6-5-13(22-16)11-19-17(20)12-7-9-21-10-8-12/h1-6,12H,7-11H2,(H,19,20). The molecule has 1 N–H and O–H groups in total. The number of hydrogen-bond donors (Lipinski definition) is 1. The summed E-state index contributed by atoms with van der Waals surface area (Å²) in [6.07, 6.45) is 1.51. The van der Waals surface area contributed by atoms with Gasteiger partial charge in [-0.3, -0.25) is 4.79 Å². The van der Waals surface area contributed by atoms with Gasteiger partial charge in [0.1, 0.15) is 17.3 Å². The zero-order valence-corrected chi connectivity index (χ0v) is 12.2. The Labute approximate surface area is 128 Å². The van der Waals surface area contributed by atoms with Crippen molar-refractivity contribution in [3.63, 3.8) is 0 Å². The molecule has 22 heavy (non-hydrogen) atoms. The molecule has 0 bridgehead atoms. The van der Waals surface area contributed by atoms with E-state index in [1.165, 1.54) is 6.07 Å². The van der Waals surface area contributed by atoms with E-state index in [4.69, 9.17) is 9.15 Å². The van der Waals surface area contributed by atoms with Crippen LogP contribution in [-0.2, 0) is 16.1 Å². The van der Waals surface area contributed by atoms with Gasteiger partial charge in [0.15, 0.2) is 0 Å². The van der Waals surface area contributed by atoms with Gasteiger partial charge >= 0.3 is 0 Å². The predicted molar refractivity (Wildman–Crippen MR) is 79.5 cm³/mol. The summed E-state index contributed by atoms with van der Waals surface area (Å²) < 4.78 is 24.6. The molecule has 1 aromatic carbocycles. The monoisotopic (exact) mass is 303 g/mol. The van der Waals surface area contributed by atoms with Gasteiger partial charge in [-0.1, -0.05) is 12.1 Å². The van der Waals surface area contributed by atoms with Crippen LogP contribution in [0.25, 0.3) is 11.3 Å². The number of carbonyl (C=O) groups excluding carboxylic acids is 1. The average molecular weight is 303 g/mol. The fourth-order valence-corrected chi connectivity index (χ4v) is 2.56. The minimum Gasteiger partial charge on any atom is -0.459 e. The molecule has 5 heteroatoms. The van der Waals surface area contributed by atoms with E-state index in [0.29, 0.717) is 36.8 Å². The molecular weight excluding hydrogens is 285 g/mol. The normalized spacial score (nSPS) is 15.7. The molecule has 0 aliphatic carbocycles. The molecule has 116 valence electrons. The van der Waals surface area contributed by atoms with E-state index in [0.717, 1.165) is 12.8 Å². The third kappa shape index (κ3) is 3.36. The van der Waals surface area contributed by atoms with Crippen molar-refractivity contribution in [2.75, 3.05) is 13.2 Å². The Morgan fingerprint density at radius 1 is 1.18 bits per heavy atom. The van der Waals surface area contributed by atoms with Gasteiger partial charge in [0.25, 0.3) is 0 Å². The molecule has 1 aliphatic rings. The Hall–Kier alpha value is -2.14. The number of hydrogen-bond acceptors (Lipinski definition) is 3. The Morgan fingerprint density at radius 3 is 2.73 bits per heavy atom. The van der Waals surface area contributed by atoms with Crippen molar-refractivity contribution in [2.45, 2.75) is 19.4 Å². The summed E-state index contributed by atoms with van der Waals surface area (Å²) in [5.41, 5.74) is 0.421. The smallest absolute Gasteiger partial charge is 0.223 e. The Balaban J connectivity index is 1.60. The van der Waals surface area contributed by atoms with Crippen LogP contribution in [0, 0.1) is 11.7 Å². The van der Waals surface area contributed by atoms with E-state index in [1.54, 1.807) is 30.3 Å². The van der Waals surface area contributed by atoms with Crippen LogP contribution in [0.3, 0.4) is 0 Å². The SMILES string of the molecule is O=C(NCc1ccc(-c2ccccc2F)o1)C1CCOCC1. The lowest BCUT2D eigenvalue weighted by Gasteiger charge is -2.20. The molecule has 0 spiro atoms. The first-order chi connectivity index (χ1) is 10.7. The zero-order valence-electron chi connectivity index (χ0n) is 12.2. The maximum atomic E-state index is 13.7. The van der Waals surface area contributed by atoms with Crippen LogP contribution in [0.2, 0.25) is 0 Å². The molecular formula is C17H18FNO3. The van der Waals surface area contributed by atoms with Gasteiger partial charge in [-0.05, 0) is 37.1 Å². The number of ether oxygens (including phenoxy) is 1. The van der Waals surface area contributed by atoms with Gasteiger partial charge < -0.3 is 14.5 Å². The van der Waals surface area contributed by atoms with Crippen molar-refractivity contribution < 1.29 is 18.3 Å². The minimum atomic E-state index is -0.324. The van der Waals surface area contributed by atoms with Crippen LogP contribution >= 0.6 is 0 Å². The number of furan rings is 1. The summed E-state index contributed by atoms with van der Waals surface area (Å²) >= 11 is 0. The fourth-order valence-electron chi connectivity index (χ4n) is 2.56. The Kier molecular flexibility index (Phi) is 4.53. The van der Waals surface area contributed by atoms with Gasteiger partial charge in [0.2, 0.25) is 5.91 Å². The summed E-state index contributed by atoms with van der Waals surface area (Å²) in [4.78, 5) is 12.0. The number of rotatable bonds is 4. The largest absolute Gasteiger partial charge is 0.459 e. The van der Waals surface area contributed by atoms with Crippen molar-refractivity contribution in [1.29, 1.82) is 0 Å². The lowest BCUT2D eigenvalue weighted by molar-refractivity contribution is -0.128. The maximum Gasteiger partial charge on any atom is 0.223 e. The molecule has 1 fully saturated rings. The van der Waals surface area contributed by atoms with E-state index in [-0.39, 0.29) is 17.6 Å². The summed E-state index contributed by atoms with van der Waals surface area (Å²) in [7, 11) is 0. The van der Waals surface area contributed by atoms with Crippen LogP contribution < -0.4 is 5.32 Å². The number of halogens is 1. The Morgan fingerprint density at radius 2 is 1.95 bits per heavy atom. The maximum absolute atomic E-state index is 13.7. The molecule has 1 aliphatic heterocycles. The third-order valence-corrected chi connectivity index (χ3v) is 3.83. The van der Waals surface area contributed by atoms with Crippen LogP contribution in [0.4, 0.5) is 4.39 Å². The van der Waals surface area contributed by atoms with Gasteiger partial charge in [0.05, 0.1) is 12.1 Å². The van der Waals surface area contributed by atoms with Crippen LogP contribution in [-0.4, -0.2) is 19.1 Å². The molecule has 3 rings (SSSR count). The van der Waals surface area contributed by atoms with E-state index >= 15 is 0 Å².